The molecular formula is C16H27N3. The van der Waals surface area contributed by atoms with Crippen LogP contribution in [0, 0.1) is 17.8 Å². The van der Waals surface area contributed by atoms with Gasteiger partial charge in [-0.15, -0.1) is 0 Å². The number of aryl methyl sites for hydroxylation is 1. The monoisotopic (exact) mass is 261 g/mol. The highest BCUT2D eigenvalue weighted by Crippen LogP contribution is 2.60. The van der Waals surface area contributed by atoms with Gasteiger partial charge in [-0.3, -0.25) is 4.68 Å². The summed E-state index contributed by atoms with van der Waals surface area (Å²) in [4.78, 5) is 0. The Morgan fingerprint density at radius 2 is 2.05 bits per heavy atom. The number of hydrogen-bond donors (Lipinski definition) is 1. The highest BCUT2D eigenvalue weighted by atomic mass is 15.3. The highest BCUT2D eigenvalue weighted by Gasteiger charge is 2.54. The molecule has 1 aromatic rings. The molecule has 1 aromatic heterocycles. The molecule has 0 amide bonds. The number of nitrogens with zero attached hydrogens (tertiary/aromatic N) is 2. The zero-order valence-corrected chi connectivity index (χ0v) is 12.3. The van der Waals surface area contributed by atoms with Gasteiger partial charge in [0.1, 0.15) is 0 Å². The number of rotatable bonds is 6. The van der Waals surface area contributed by atoms with Crippen LogP contribution in [0.4, 0.5) is 0 Å². The van der Waals surface area contributed by atoms with Crippen LogP contribution in [0.2, 0.25) is 0 Å². The first-order valence-corrected chi connectivity index (χ1v) is 8.10. The third-order valence-corrected chi connectivity index (χ3v) is 5.00. The molecule has 3 rings (SSSR count). The quantitative estimate of drug-likeness (QED) is 0.850. The molecule has 2 saturated carbocycles. The smallest absolute Gasteiger partial charge is 0.0537 e. The van der Waals surface area contributed by atoms with Gasteiger partial charge in [0.25, 0.3) is 0 Å². The third kappa shape index (κ3) is 2.58. The highest BCUT2D eigenvalue weighted by molar-refractivity contribution is 5.18. The van der Waals surface area contributed by atoms with Crippen LogP contribution in [0.1, 0.15) is 57.6 Å². The van der Waals surface area contributed by atoms with Crippen molar-refractivity contribution in [3.05, 3.63) is 18.0 Å². The van der Waals surface area contributed by atoms with Crippen LogP contribution in [0.5, 0.6) is 0 Å². The second-order valence-corrected chi connectivity index (χ2v) is 6.26. The molecule has 3 nitrogen and oxygen atoms in total. The first kappa shape index (κ1) is 13.2. The Balaban J connectivity index is 1.73. The van der Waals surface area contributed by atoms with Gasteiger partial charge in [0, 0.05) is 24.3 Å². The van der Waals surface area contributed by atoms with Gasteiger partial charge in [-0.05, 0) is 43.6 Å². The van der Waals surface area contributed by atoms with Gasteiger partial charge in [0.15, 0.2) is 0 Å². The lowest BCUT2D eigenvalue weighted by Gasteiger charge is -2.16. The largest absolute Gasteiger partial charge is 0.310 e. The Labute approximate surface area is 116 Å². The zero-order valence-electron chi connectivity index (χ0n) is 12.3. The summed E-state index contributed by atoms with van der Waals surface area (Å²) in [5.41, 5.74) is 1.41. The molecule has 2 aliphatic rings. The normalized spacial score (nSPS) is 30.9. The van der Waals surface area contributed by atoms with Crippen molar-refractivity contribution in [2.45, 2.75) is 58.5 Å². The van der Waals surface area contributed by atoms with E-state index in [9.17, 15) is 0 Å². The van der Waals surface area contributed by atoms with E-state index in [0.717, 1.165) is 37.3 Å². The van der Waals surface area contributed by atoms with Gasteiger partial charge in [0.05, 0.1) is 6.20 Å². The van der Waals surface area contributed by atoms with Crippen LogP contribution in [0.15, 0.2) is 12.4 Å². The van der Waals surface area contributed by atoms with E-state index in [-0.39, 0.29) is 0 Å². The molecule has 2 fully saturated rings. The van der Waals surface area contributed by atoms with E-state index >= 15 is 0 Å². The lowest BCUT2D eigenvalue weighted by atomic mass is 10.0. The molecule has 2 aliphatic carbocycles. The molecule has 0 bridgehead atoms. The molecule has 106 valence electrons. The summed E-state index contributed by atoms with van der Waals surface area (Å²) in [5.74, 6) is 2.86. The van der Waals surface area contributed by atoms with Gasteiger partial charge in [0.2, 0.25) is 0 Å². The summed E-state index contributed by atoms with van der Waals surface area (Å²) in [5, 5.41) is 8.23. The van der Waals surface area contributed by atoms with Crippen molar-refractivity contribution in [3.8, 4) is 0 Å². The predicted octanol–water partition coefficient (Wildman–Crippen LogP) is 3.38. The van der Waals surface area contributed by atoms with Crippen LogP contribution in [-0.4, -0.2) is 16.3 Å². The van der Waals surface area contributed by atoms with Crippen LogP contribution in [0.25, 0.3) is 0 Å². The molecule has 19 heavy (non-hydrogen) atoms. The molecular weight excluding hydrogens is 234 g/mol. The Bertz CT molecular complexity index is 400. The average molecular weight is 261 g/mol. The summed E-state index contributed by atoms with van der Waals surface area (Å²) in [7, 11) is 0. The molecule has 0 radical (unpaired) electrons. The van der Waals surface area contributed by atoms with Crippen molar-refractivity contribution in [2.24, 2.45) is 17.8 Å². The maximum absolute atomic E-state index is 4.51. The molecule has 1 N–H and O–H groups in total. The maximum Gasteiger partial charge on any atom is 0.0537 e. The standard InChI is InChI=1S/C16H27N3/c1-3-9-19-11-12(10-18-19)16(17-4-2)15-13-7-5-6-8-14(13)15/h10-11,13-17H,3-9H2,1-2H3. The van der Waals surface area contributed by atoms with E-state index in [2.05, 4.69) is 41.3 Å². The van der Waals surface area contributed by atoms with Crippen LogP contribution in [-0.2, 0) is 6.54 Å². The Hall–Kier alpha value is -0.830. The topological polar surface area (TPSA) is 29.9 Å². The van der Waals surface area contributed by atoms with E-state index in [4.69, 9.17) is 0 Å². The number of fused-ring (bicyclic) bond motifs is 1. The molecule has 0 aromatic carbocycles. The second kappa shape index (κ2) is 5.66. The van der Waals surface area contributed by atoms with Gasteiger partial charge in [-0.1, -0.05) is 26.7 Å². The Kier molecular flexibility index (Phi) is 3.92. The van der Waals surface area contributed by atoms with Gasteiger partial charge in [-0.25, -0.2) is 0 Å². The first-order valence-electron chi connectivity index (χ1n) is 8.10. The van der Waals surface area contributed by atoms with E-state index in [1.165, 1.54) is 31.2 Å². The SMILES string of the molecule is CCCn1cc(C(NCC)C2C3CCCCC32)cn1. The lowest BCUT2D eigenvalue weighted by Crippen LogP contribution is -2.23. The Morgan fingerprint density at radius 1 is 1.32 bits per heavy atom. The molecule has 0 spiro atoms. The number of hydrogen-bond acceptors (Lipinski definition) is 2. The third-order valence-electron chi connectivity index (χ3n) is 5.00. The van der Waals surface area contributed by atoms with Crippen molar-refractivity contribution in [1.29, 1.82) is 0 Å². The fraction of sp³-hybridized carbons (Fsp3) is 0.812. The van der Waals surface area contributed by atoms with Crippen molar-refractivity contribution >= 4 is 0 Å². The fourth-order valence-corrected chi connectivity index (χ4v) is 4.13. The summed E-state index contributed by atoms with van der Waals surface area (Å²) in [6.45, 7) is 6.52. The van der Waals surface area contributed by atoms with E-state index in [1.807, 2.05) is 0 Å². The number of aromatic nitrogens is 2. The van der Waals surface area contributed by atoms with Crippen LogP contribution in [0.3, 0.4) is 0 Å². The molecule has 3 atom stereocenters. The molecule has 3 unspecified atom stereocenters. The van der Waals surface area contributed by atoms with Gasteiger partial charge < -0.3 is 5.32 Å². The predicted molar refractivity (Wildman–Crippen MR) is 77.9 cm³/mol. The zero-order chi connectivity index (χ0) is 13.2. The summed E-state index contributed by atoms with van der Waals surface area (Å²) >= 11 is 0. The maximum atomic E-state index is 4.51. The fourth-order valence-electron chi connectivity index (χ4n) is 4.13. The van der Waals surface area contributed by atoms with Gasteiger partial charge in [-0.2, -0.15) is 5.10 Å². The van der Waals surface area contributed by atoms with Crippen molar-refractivity contribution < 1.29 is 0 Å². The van der Waals surface area contributed by atoms with E-state index in [1.54, 1.807) is 0 Å². The summed E-state index contributed by atoms with van der Waals surface area (Å²) < 4.78 is 2.10. The lowest BCUT2D eigenvalue weighted by molar-refractivity contribution is 0.456. The molecule has 0 aliphatic heterocycles. The van der Waals surface area contributed by atoms with E-state index in [0.29, 0.717) is 6.04 Å². The van der Waals surface area contributed by atoms with Crippen molar-refractivity contribution in [1.82, 2.24) is 15.1 Å². The minimum Gasteiger partial charge on any atom is -0.310 e. The van der Waals surface area contributed by atoms with Crippen molar-refractivity contribution in [3.63, 3.8) is 0 Å². The minimum absolute atomic E-state index is 0.545. The molecule has 1 heterocycles. The van der Waals surface area contributed by atoms with Gasteiger partial charge >= 0.3 is 0 Å². The first-order chi connectivity index (χ1) is 9.35. The summed E-state index contributed by atoms with van der Waals surface area (Å²) in [6.07, 6.45) is 11.3. The molecule has 3 heteroatoms. The van der Waals surface area contributed by atoms with E-state index < -0.39 is 0 Å². The summed E-state index contributed by atoms with van der Waals surface area (Å²) in [6, 6.07) is 0.545. The van der Waals surface area contributed by atoms with Crippen LogP contribution < -0.4 is 5.32 Å². The van der Waals surface area contributed by atoms with Crippen molar-refractivity contribution in [2.75, 3.05) is 6.54 Å². The minimum atomic E-state index is 0.545. The number of nitrogens with one attached hydrogen (secondary N) is 1. The second-order valence-electron chi connectivity index (χ2n) is 6.26. The molecule has 0 saturated heterocycles. The average Bonchev–Trinajstić information content (AvgIpc) is 2.96. The van der Waals surface area contributed by atoms with Crippen LogP contribution >= 0.6 is 0 Å². The Morgan fingerprint density at radius 3 is 2.68 bits per heavy atom.